The molecule has 0 radical (unpaired) electrons. The van der Waals surface area contributed by atoms with Gasteiger partial charge in [-0.1, -0.05) is 11.6 Å². The Bertz CT molecular complexity index is 519. The van der Waals surface area contributed by atoms with E-state index in [9.17, 15) is 9.59 Å². The summed E-state index contributed by atoms with van der Waals surface area (Å²) in [5, 5.41) is 2.84. The Morgan fingerprint density at radius 3 is 3.05 bits per heavy atom. The zero-order valence-electron chi connectivity index (χ0n) is 11.0. The predicted molar refractivity (Wildman–Crippen MR) is 72.7 cm³/mol. The molecule has 1 aromatic heterocycles. The van der Waals surface area contributed by atoms with Crippen LogP contribution in [0.4, 0.5) is 0 Å². The number of amides is 1. The number of aromatic nitrogens is 2. The first-order valence-corrected chi connectivity index (χ1v) is 6.72. The highest BCUT2D eigenvalue weighted by Gasteiger charge is 2.06. The summed E-state index contributed by atoms with van der Waals surface area (Å²) < 4.78 is 1.30. The monoisotopic (exact) mass is 261 g/mol. The summed E-state index contributed by atoms with van der Waals surface area (Å²) in [6, 6.07) is 1.64. The van der Waals surface area contributed by atoms with Gasteiger partial charge in [0.15, 0.2) is 0 Å². The lowest BCUT2D eigenvalue weighted by molar-refractivity contribution is -0.121. The van der Waals surface area contributed by atoms with E-state index in [2.05, 4.69) is 16.4 Å². The van der Waals surface area contributed by atoms with Crippen molar-refractivity contribution in [2.45, 2.75) is 38.6 Å². The smallest absolute Gasteiger partial charge is 0.347 e. The Hall–Kier alpha value is -1.91. The lowest BCUT2D eigenvalue weighted by atomic mass is 9.97. The molecule has 0 aliphatic heterocycles. The van der Waals surface area contributed by atoms with Crippen molar-refractivity contribution in [3.8, 4) is 0 Å². The third-order valence-electron chi connectivity index (χ3n) is 3.25. The van der Waals surface area contributed by atoms with Crippen LogP contribution in [0.3, 0.4) is 0 Å². The first-order chi connectivity index (χ1) is 9.25. The van der Waals surface area contributed by atoms with E-state index in [0.717, 1.165) is 19.3 Å². The Morgan fingerprint density at radius 2 is 2.32 bits per heavy atom. The van der Waals surface area contributed by atoms with Gasteiger partial charge in [0.25, 0.3) is 0 Å². The van der Waals surface area contributed by atoms with Crippen LogP contribution in [0.15, 0.2) is 34.9 Å². The zero-order chi connectivity index (χ0) is 13.5. The summed E-state index contributed by atoms with van der Waals surface area (Å²) in [5.74, 6) is -0.147. The van der Waals surface area contributed by atoms with Crippen LogP contribution in [0.25, 0.3) is 0 Å². The molecule has 0 atom stereocenters. The van der Waals surface area contributed by atoms with Crippen LogP contribution in [0, 0.1) is 0 Å². The van der Waals surface area contributed by atoms with E-state index in [1.165, 1.54) is 29.2 Å². The van der Waals surface area contributed by atoms with Gasteiger partial charge >= 0.3 is 5.69 Å². The van der Waals surface area contributed by atoms with E-state index >= 15 is 0 Å². The molecular weight excluding hydrogens is 242 g/mol. The Kier molecular flexibility index (Phi) is 4.89. The third kappa shape index (κ3) is 4.35. The maximum Gasteiger partial charge on any atom is 0.347 e. The summed E-state index contributed by atoms with van der Waals surface area (Å²) in [7, 11) is 0. The average Bonchev–Trinajstić information content (AvgIpc) is 2.43. The maximum atomic E-state index is 11.7. The summed E-state index contributed by atoms with van der Waals surface area (Å²) in [6.45, 7) is 0.672. The van der Waals surface area contributed by atoms with Crippen LogP contribution in [0.1, 0.15) is 32.1 Å². The van der Waals surface area contributed by atoms with Gasteiger partial charge in [-0.25, -0.2) is 9.78 Å². The number of nitrogens with one attached hydrogen (secondary N) is 1. The zero-order valence-corrected chi connectivity index (χ0v) is 11.0. The number of carbonyl (C=O) groups excluding carboxylic acids is 1. The van der Waals surface area contributed by atoms with E-state index in [0.29, 0.717) is 6.54 Å². The molecule has 2 rings (SSSR count). The Morgan fingerprint density at radius 1 is 1.42 bits per heavy atom. The topological polar surface area (TPSA) is 64.0 Å². The minimum Gasteiger partial charge on any atom is -0.354 e. The van der Waals surface area contributed by atoms with E-state index < -0.39 is 5.69 Å². The van der Waals surface area contributed by atoms with Crippen molar-refractivity contribution in [1.82, 2.24) is 14.9 Å². The van der Waals surface area contributed by atoms with Crippen molar-refractivity contribution in [3.63, 3.8) is 0 Å². The van der Waals surface area contributed by atoms with Gasteiger partial charge in [0.05, 0.1) is 0 Å². The van der Waals surface area contributed by atoms with Gasteiger partial charge in [0.2, 0.25) is 5.91 Å². The molecule has 0 fully saturated rings. The van der Waals surface area contributed by atoms with Crippen LogP contribution >= 0.6 is 0 Å². The molecule has 0 saturated heterocycles. The molecule has 1 aliphatic carbocycles. The minimum absolute atomic E-state index is 0.0335. The van der Waals surface area contributed by atoms with Crippen LogP contribution in [-0.2, 0) is 11.3 Å². The lowest BCUT2D eigenvalue weighted by Crippen LogP contribution is -2.33. The van der Waals surface area contributed by atoms with Crippen molar-refractivity contribution < 1.29 is 4.79 Å². The molecule has 102 valence electrons. The fraction of sp³-hybridized carbons (Fsp3) is 0.500. The van der Waals surface area contributed by atoms with Crippen molar-refractivity contribution >= 4 is 5.91 Å². The second-order valence-electron chi connectivity index (χ2n) is 4.74. The van der Waals surface area contributed by atoms with Gasteiger partial charge in [-0.3, -0.25) is 9.36 Å². The van der Waals surface area contributed by atoms with Gasteiger partial charge in [0.1, 0.15) is 6.54 Å². The van der Waals surface area contributed by atoms with E-state index in [-0.39, 0.29) is 12.5 Å². The SMILES string of the molecule is O=C(Cn1cccnc1=O)NCCC1=CCCCC1. The number of carbonyl (C=O) groups is 1. The third-order valence-corrected chi connectivity index (χ3v) is 3.25. The largest absolute Gasteiger partial charge is 0.354 e. The molecule has 1 aliphatic rings. The average molecular weight is 261 g/mol. The summed E-state index contributed by atoms with van der Waals surface area (Å²) >= 11 is 0. The number of hydrogen-bond acceptors (Lipinski definition) is 3. The summed E-state index contributed by atoms with van der Waals surface area (Å²) in [4.78, 5) is 26.6. The first kappa shape index (κ1) is 13.5. The van der Waals surface area contributed by atoms with Crippen molar-refractivity contribution in [3.05, 3.63) is 40.6 Å². The number of rotatable bonds is 5. The number of hydrogen-bond donors (Lipinski definition) is 1. The molecule has 0 bridgehead atoms. The molecule has 0 spiro atoms. The van der Waals surface area contributed by atoms with Crippen LogP contribution in [-0.4, -0.2) is 22.0 Å². The van der Waals surface area contributed by atoms with Gasteiger partial charge < -0.3 is 5.32 Å². The molecule has 1 heterocycles. The minimum atomic E-state index is -0.396. The summed E-state index contributed by atoms with van der Waals surface area (Å²) in [6.07, 6.45) is 11.0. The second-order valence-corrected chi connectivity index (χ2v) is 4.74. The number of allylic oxidation sites excluding steroid dienone is 1. The van der Waals surface area contributed by atoms with Crippen LogP contribution in [0.2, 0.25) is 0 Å². The molecule has 1 N–H and O–H groups in total. The standard InChI is InChI=1S/C14H19N3O2/c18-13(11-17-10-4-8-16-14(17)19)15-9-7-12-5-2-1-3-6-12/h4-5,8,10H,1-3,6-7,9,11H2,(H,15,18). The molecule has 1 amide bonds. The molecular formula is C14H19N3O2. The fourth-order valence-corrected chi connectivity index (χ4v) is 2.21. The van der Waals surface area contributed by atoms with Gasteiger partial charge in [-0.2, -0.15) is 0 Å². The van der Waals surface area contributed by atoms with Crippen molar-refractivity contribution in [2.75, 3.05) is 6.54 Å². The fourth-order valence-electron chi connectivity index (χ4n) is 2.21. The summed E-state index contributed by atoms with van der Waals surface area (Å²) in [5.41, 5.74) is 1.04. The van der Waals surface area contributed by atoms with Gasteiger partial charge in [-0.15, -0.1) is 0 Å². The quantitative estimate of drug-likeness (QED) is 0.811. The number of nitrogens with zero attached hydrogens (tertiary/aromatic N) is 2. The first-order valence-electron chi connectivity index (χ1n) is 6.72. The highest BCUT2D eigenvalue weighted by Crippen LogP contribution is 2.19. The molecule has 0 aromatic carbocycles. The van der Waals surface area contributed by atoms with Crippen LogP contribution < -0.4 is 11.0 Å². The molecule has 19 heavy (non-hydrogen) atoms. The second kappa shape index (κ2) is 6.87. The van der Waals surface area contributed by atoms with E-state index in [1.54, 1.807) is 12.3 Å². The maximum absolute atomic E-state index is 11.7. The molecule has 0 saturated carbocycles. The van der Waals surface area contributed by atoms with Gasteiger partial charge in [-0.05, 0) is 38.2 Å². The highest BCUT2D eigenvalue weighted by molar-refractivity contribution is 5.75. The molecule has 0 unspecified atom stereocenters. The Labute approximate surface area is 112 Å². The van der Waals surface area contributed by atoms with E-state index in [4.69, 9.17) is 0 Å². The molecule has 5 nitrogen and oxygen atoms in total. The van der Waals surface area contributed by atoms with Crippen LogP contribution in [0.5, 0.6) is 0 Å². The Balaban J connectivity index is 1.74. The normalized spacial score (nSPS) is 14.8. The lowest BCUT2D eigenvalue weighted by Gasteiger charge is -2.13. The predicted octanol–water partition coefficient (Wildman–Crippen LogP) is 1.25. The van der Waals surface area contributed by atoms with Gasteiger partial charge in [0, 0.05) is 18.9 Å². The van der Waals surface area contributed by atoms with E-state index in [1.807, 2.05) is 0 Å². The van der Waals surface area contributed by atoms with Crippen molar-refractivity contribution in [1.29, 1.82) is 0 Å². The molecule has 1 aromatic rings. The highest BCUT2D eigenvalue weighted by atomic mass is 16.2. The molecule has 5 heteroatoms. The van der Waals surface area contributed by atoms with Crippen molar-refractivity contribution in [2.24, 2.45) is 0 Å².